The Morgan fingerprint density at radius 3 is 2.29 bits per heavy atom. The quantitative estimate of drug-likeness (QED) is 0.430. The van der Waals surface area contributed by atoms with Gasteiger partial charge in [-0.3, -0.25) is 14.4 Å². The van der Waals surface area contributed by atoms with Crippen molar-refractivity contribution < 1.29 is 29.0 Å². The highest BCUT2D eigenvalue weighted by Crippen LogP contribution is 2.59. The highest BCUT2D eigenvalue weighted by atomic mass is 16.5. The molecule has 0 radical (unpaired) electrons. The molecule has 2 aromatic rings. The highest BCUT2D eigenvalue weighted by Gasteiger charge is 2.76. The number of likely N-dealkylation sites (tertiary alicyclic amines) is 1. The average molecular weight is 614 g/mol. The normalized spacial score (nSPS) is 29.9. The van der Waals surface area contributed by atoms with Gasteiger partial charge < -0.3 is 29.3 Å². The number of anilines is 1. The molecular weight excluding hydrogens is 570 g/mol. The largest absolute Gasteiger partial charge is 0.497 e. The van der Waals surface area contributed by atoms with E-state index in [1.54, 1.807) is 33.9 Å². The molecule has 0 aliphatic carbocycles. The van der Waals surface area contributed by atoms with Crippen molar-refractivity contribution in [2.75, 3.05) is 31.7 Å². The molecule has 45 heavy (non-hydrogen) atoms. The zero-order chi connectivity index (χ0) is 31.9. The van der Waals surface area contributed by atoms with E-state index < -0.39 is 35.1 Å². The summed E-state index contributed by atoms with van der Waals surface area (Å²) in [6.45, 7) is 6.77. The first kappa shape index (κ1) is 31.0. The molecule has 238 valence electrons. The molecule has 1 spiro atoms. The van der Waals surface area contributed by atoms with Crippen molar-refractivity contribution in [1.82, 2.24) is 9.80 Å². The summed E-state index contributed by atoms with van der Waals surface area (Å²) in [5, 5.41) is 10.7. The molecule has 4 heterocycles. The number of rotatable bonds is 9. The second kappa shape index (κ2) is 12.1. The summed E-state index contributed by atoms with van der Waals surface area (Å²) in [7, 11) is 1.59. The van der Waals surface area contributed by atoms with Crippen LogP contribution in [0.4, 0.5) is 5.69 Å². The van der Waals surface area contributed by atoms with Crippen LogP contribution in [0.5, 0.6) is 5.75 Å². The van der Waals surface area contributed by atoms with E-state index in [2.05, 4.69) is 0 Å². The van der Waals surface area contributed by atoms with E-state index in [0.29, 0.717) is 37.4 Å². The summed E-state index contributed by atoms with van der Waals surface area (Å²) in [5.41, 5.74) is -0.813. The minimum atomic E-state index is -1.39. The molecule has 4 aliphatic rings. The van der Waals surface area contributed by atoms with Gasteiger partial charge in [-0.05, 0) is 48.6 Å². The Bertz CT molecular complexity index is 1490. The fourth-order valence-corrected chi connectivity index (χ4v) is 7.90. The maximum absolute atomic E-state index is 14.9. The summed E-state index contributed by atoms with van der Waals surface area (Å²) >= 11 is 0. The molecule has 2 fully saturated rings. The number of aliphatic hydroxyl groups excluding tert-OH is 1. The van der Waals surface area contributed by atoms with Crippen molar-refractivity contribution in [3.8, 4) is 5.75 Å². The lowest BCUT2D eigenvalue weighted by molar-refractivity contribution is -0.153. The van der Waals surface area contributed by atoms with Crippen LogP contribution in [0, 0.1) is 17.8 Å². The summed E-state index contributed by atoms with van der Waals surface area (Å²) in [6.07, 6.45) is 8.60. The minimum Gasteiger partial charge on any atom is -0.497 e. The van der Waals surface area contributed by atoms with Gasteiger partial charge in [0.15, 0.2) is 0 Å². The van der Waals surface area contributed by atoms with Gasteiger partial charge in [0.25, 0.3) is 5.91 Å². The summed E-state index contributed by atoms with van der Waals surface area (Å²) in [5.74, 6) is -1.75. The molecule has 3 amide bonds. The lowest BCUT2D eigenvalue weighted by Gasteiger charge is -2.41. The van der Waals surface area contributed by atoms with E-state index >= 15 is 0 Å². The first-order chi connectivity index (χ1) is 21.7. The summed E-state index contributed by atoms with van der Waals surface area (Å²) < 4.78 is 12.4. The van der Waals surface area contributed by atoms with Crippen molar-refractivity contribution >= 4 is 23.4 Å². The van der Waals surface area contributed by atoms with Crippen molar-refractivity contribution in [3.63, 3.8) is 0 Å². The molecule has 1 N–H and O–H groups in total. The minimum absolute atomic E-state index is 0.153. The van der Waals surface area contributed by atoms with Crippen molar-refractivity contribution in [2.24, 2.45) is 17.8 Å². The Balaban J connectivity index is 1.47. The van der Waals surface area contributed by atoms with Gasteiger partial charge in [-0.1, -0.05) is 75.4 Å². The highest BCUT2D eigenvalue weighted by molar-refractivity contribution is 6.06. The second-order valence-corrected chi connectivity index (χ2v) is 13.0. The molecule has 0 aromatic heterocycles. The lowest BCUT2D eigenvalue weighted by atomic mass is 9.73. The Morgan fingerprint density at radius 2 is 1.64 bits per heavy atom. The van der Waals surface area contributed by atoms with Crippen LogP contribution in [0.3, 0.4) is 0 Å². The third-order valence-electron chi connectivity index (χ3n) is 9.91. The van der Waals surface area contributed by atoms with E-state index in [1.807, 2.05) is 87.5 Å². The maximum atomic E-state index is 14.9. The van der Waals surface area contributed by atoms with E-state index in [0.717, 1.165) is 5.56 Å². The second-order valence-electron chi connectivity index (χ2n) is 13.0. The van der Waals surface area contributed by atoms with E-state index in [1.165, 1.54) is 0 Å². The number of hydrogen-bond acceptors (Lipinski definition) is 6. The number of carbonyl (C=O) groups excluding carboxylic acids is 3. The fourth-order valence-electron chi connectivity index (χ4n) is 7.90. The van der Waals surface area contributed by atoms with Gasteiger partial charge in [-0.15, -0.1) is 0 Å². The zero-order valence-electron chi connectivity index (χ0n) is 26.5. The lowest BCUT2D eigenvalue weighted by Crippen LogP contribution is -2.59. The van der Waals surface area contributed by atoms with Crippen LogP contribution in [-0.2, 0) is 25.7 Å². The van der Waals surface area contributed by atoms with Crippen LogP contribution in [0.1, 0.15) is 39.2 Å². The van der Waals surface area contributed by atoms with Crippen molar-refractivity contribution in [1.29, 1.82) is 0 Å². The average Bonchev–Trinajstić information content (AvgIpc) is 3.35. The first-order valence-electron chi connectivity index (χ1n) is 16.0. The molecule has 0 bridgehead atoms. The molecule has 0 saturated carbocycles. The van der Waals surface area contributed by atoms with Gasteiger partial charge in [0, 0.05) is 25.3 Å². The number of carbonyl (C=O) groups is 3. The Kier molecular flexibility index (Phi) is 8.35. The number of hydrogen-bond donors (Lipinski definition) is 1. The van der Waals surface area contributed by atoms with Gasteiger partial charge >= 0.3 is 0 Å². The number of ether oxygens (including phenoxy) is 2. The van der Waals surface area contributed by atoms with Crippen LogP contribution in [0.25, 0.3) is 0 Å². The Labute approximate surface area is 265 Å². The standard InChI is InChI=1S/C36H43N3O6/c1-5-35-17-9-19-37(22-25-11-7-6-8-12-25)32(41)29(35)30-33(42)39(27(23-40)21-24(2)3)31-34(43)38(20-10-18-36(30,31)45-35)26-13-15-28(44-4)16-14-26/h6-18,24,27,29-31,40H,5,19-23H2,1-4H3/t27-,29-,30+,31?,35+,36+/m1/s1. The predicted molar refractivity (Wildman–Crippen MR) is 170 cm³/mol. The Hall–Kier alpha value is -3.95. The molecule has 9 nitrogen and oxygen atoms in total. The van der Waals surface area contributed by atoms with E-state index in [4.69, 9.17) is 9.47 Å². The van der Waals surface area contributed by atoms with Gasteiger partial charge in [-0.25, -0.2) is 0 Å². The van der Waals surface area contributed by atoms with E-state index in [-0.39, 0.29) is 36.8 Å². The van der Waals surface area contributed by atoms with Crippen molar-refractivity contribution in [2.45, 2.75) is 63.4 Å². The third-order valence-corrected chi connectivity index (χ3v) is 9.91. The van der Waals surface area contributed by atoms with Gasteiger partial charge in [0.05, 0.1) is 37.2 Å². The zero-order valence-corrected chi connectivity index (χ0v) is 26.5. The molecule has 2 aromatic carbocycles. The number of fused-ring (bicyclic) bond motifs is 2. The monoisotopic (exact) mass is 613 g/mol. The molecule has 4 aliphatic heterocycles. The Morgan fingerprint density at radius 1 is 0.933 bits per heavy atom. The molecule has 9 heteroatoms. The van der Waals surface area contributed by atoms with Crippen molar-refractivity contribution in [3.05, 3.63) is 84.5 Å². The SMILES string of the molecule is CC[C@]12C=CCN(Cc3ccccc3)C(=O)[C@H]1[C@H]1C(=O)N([C@@H](CO)CC(C)C)C3C(=O)N(c4ccc(OC)cc4)CC=C[C@@]31O2. The van der Waals surface area contributed by atoms with Crippen LogP contribution in [-0.4, -0.2) is 82.7 Å². The van der Waals surface area contributed by atoms with Crippen LogP contribution in [0.2, 0.25) is 0 Å². The predicted octanol–water partition coefficient (Wildman–Crippen LogP) is 3.96. The topological polar surface area (TPSA) is 99.6 Å². The first-order valence-corrected chi connectivity index (χ1v) is 16.0. The summed E-state index contributed by atoms with van der Waals surface area (Å²) in [4.78, 5) is 49.3. The number of methoxy groups -OCH3 is 1. The molecule has 6 rings (SSSR count). The van der Waals surface area contributed by atoms with Gasteiger partial charge in [-0.2, -0.15) is 0 Å². The molecule has 1 unspecified atom stereocenters. The van der Waals surface area contributed by atoms with E-state index in [9.17, 15) is 19.5 Å². The fraction of sp³-hybridized carbons (Fsp3) is 0.472. The maximum Gasteiger partial charge on any atom is 0.253 e. The number of amides is 3. The van der Waals surface area contributed by atoms with Gasteiger partial charge in [0.2, 0.25) is 11.8 Å². The van der Waals surface area contributed by atoms with Crippen LogP contribution in [0.15, 0.2) is 78.9 Å². The number of aliphatic hydroxyl groups is 1. The molecule has 6 atom stereocenters. The number of benzene rings is 2. The van der Waals surface area contributed by atoms with Crippen LogP contribution >= 0.6 is 0 Å². The number of nitrogens with zero attached hydrogens (tertiary/aromatic N) is 3. The van der Waals surface area contributed by atoms with Crippen LogP contribution < -0.4 is 9.64 Å². The molecule has 2 saturated heterocycles. The third kappa shape index (κ3) is 5.06. The summed E-state index contributed by atoms with van der Waals surface area (Å²) in [6, 6.07) is 15.3. The molecular formula is C36H43N3O6. The smallest absolute Gasteiger partial charge is 0.253 e. The van der Waals surface area contributed by atoms with Gasteiger partial charge in [0.1, 0.15) is 17.4 Å².